The van der Waals surface area contributed by atoms with Crippen LogP contribution in [-0.4, -0.2) is 0 Å². The van der Waals surface area contributed by atoms with E-state index in [9.17, 15) is 0 Å². The van der Waals surface area contributed by atoms with Gasteiger partial charge in [-0.2, -0.15) is 0 Å². The molecule has 0 aliphatic heterocycles. The van der Waals surface area contributed by atoms with E-state index in [-0.39, 0.29) is 0 Å². The molecule has 1 nitrogen and oxygen atoms in total. The van der Waals surface area contributed by atoms with E-state index >= 15 is 0 Å². The zero-order valence-electron chi connectivity index (χ0n) is 19.6. The number of aryl methyl sites for hydroxylation is 1. The molecule has 0 aromatic heterocycles. The van der Waals surface area contributed by atoms with Gasteiger partial charge in [0.15, 0.2) is 0 Å². The molecule has 170 valence electrons. The van der Waals surface area contributed by atoms with E-state index in [1.165, 1.54) is 11.1 Å². The lowest BCUT2D eigenvalue weighted by Crippen LogP contribution is -2.09. The molecule has 5 rings (SSSR count). The minimum absolute atomic E-state index is 0.739. The molecule has 0 saturated carbocycles. The van der Waals surface area contributed by atoms with Crippen LogP contribution in [0.25, 0.3) is 11.6 Å². The highest BCUT2D eigenvalue weighted by atomic mass is 35.5. The molecule has 0 unspecified atom stereocenters. The first-order valence-electron chi connectivity index (χ1n) is 11.7. The summed E-state index contributed by atoms with van der Waals surface area (Å²) >= 11 is 6.16. The molecule has 0 amide bonds. The van der Waals surface area contributed by atoms with Crippen LogP contribution in [0.5, 0.6) is 0 Å². The third-order valence-corrected chi connectivity index (χ3v) is 6.26. The number of rotatable bonds is 6. The van der Waals surface area contributed by atoms with Crippen LogP contribution in [0.15, 0.2) is 133 Å². The molecule has 0 N–H and O–H groups in total. The smallest absolute Gasteiger partial charge is 0.0462 e. The average molecular weight is 472 g/mol. The fourth-order valence-electron chi connectivity index (χ4n) is 4.18. The monoisotopic (exact) mass is 471 g/mol. The number of benzene rings is 5. The van der Waals surface area contributed by atoms with Crippen LogP contribution in [-0.2, 0) is 0 Å². The Hall–Kier alpha value is -4.07. The Balaban J connectivity index is 1.54. The van der Waals surface area contributed by atoms with Crippen LogP contribution in [0.4, 0.5) is 17.1 Å². The van der Waals surface area contributed by atoms with Crippen molar-refractivity contribution < 1.29 is 0 Å². The summed E-state index contributed by atoms with van der Waals surface area (Å²) in [5.41, 5.74) is 9.23. The van der Waals surface area contributed by atoms with Crippen molar-refractivity contribution in [2.24, 2.45) is 0 Å². The van der Waals surface area contributed by atoms with E-state index in [1.54, 1.807) is 0 Å². The highest BCUT2D eigenvalue weighted by molar-refractivity contribution is 6.30. The highest BCUT2D eigenvalue weighted by Crippen LogP contribution is 2.35. The van der Waals surface area contributed by atoms with Crippen molar-refractivity contribution >= 4 is 40.3 Å². The molecular weight excluding hydrogens is 446 g/mol. The van der Waals surface area contributed by atoms with Crippen LogP contribution in [0, 0.1) is 6.92 Å². The number of nitrogens with zero attached hydrogens (tertiary/aromatic N) is 1. The van der Waals surface area contributed by atoms with Crippen molar-refractivity contribution in [3.63, 3.8) is 0 Å². The van der Waals surface area contributed by atoms with Gasteiger partial charge in [-0.3, -0.25) is 0 Å². The van der Waals surface area contributed by atoms with E-state index in [0.29, 0.717) is 0 Å². The van der Waals surface area contributed by atoms with Crippen molar-refractivity contribution in [2.45, 2.75) is 6.92 Å². The Bertz CT molecular complexity index is 1400. The number of anilines is 3. The second-order valence-electron chi connectivity index (χ2n) is 8.53. The molecule has 5 aromatic rings. The normalized spacial score (nSPS) is 11.3. The summed E-state index contributed by atoms with van der Waals surface area (Å²) in [6.45, 7) is 2.11. The summed E-state index contributed by atoms with van der Waals surface area (Å²) in [6, 6.07) is 46.4. The topological polar surface area (TPSA) is 3.24 Å². The van der Waals surface area contributed by atoms with Gasteiger partial charge in [0.05, 0.1) is 0 Å². The molecule has 0 saturated heterocycles. The molecule has 2 heteroatoms. The second-order valence-corrected chi connectivity index (χ2v) is 8.97. The van der Waals surface area contributed by atoms with Gasteiger partial charge in [0.25, 0.3) is 0 Å². The van der Waals surface area contributed by atoms with Crippen LogP contribution in [0.3, 0.4) is 0 Å². The van der Waals surface area contributed by atoms with Crippen LogP contribution in [0.1, 0.15) is 22.3 Å². The highest BCUT2D eigenvalue weighted by Gasteiger charge is 2.12. The summed E-state index contributed by atoms with van der Waals surface area (Å²) in [4.78, 5) is 2.28. The Labute approximate surface area is 212 Å². The Morgan fingerprint density at radius 2 is 1.03 bits per heavy atom. The van der Waals surface area contributed by atoms with E-state index in [1.807, 2.05) is 24.3 Å². The fourth-order valence-corrected chi connectivity index (χ4v) is 4.31. The summed E-state index contributed by atoms with van der Waals surface area (Å²) < 4.78 is 0. The Kier molecular flexibility index (Phi) is 6.79. The quantitative estimate of drug-likeness (QED) is 0.223. The molecule has 5 aromatic carbocycles. The van der Waals surface area contributed by atoms with Crippen LogP contribution in [0.2, 0.25) is 5.02 Å². The van der Waals surface area contributed by atoms with Gasteiger partial charge in [-0.15, -0.1) is 0 Å². The van der Waals surface area contributed by atoms with E-state index in [4.69, 9.17) is 11.6 Å². The number of para-hydroxylation sites is 1. The second kappa shape index (κ2) is 10.5. The van der Waals surface area contributed by atoms with Crippen molar-refractivity contribution in [1.82, 2.24) is 0 Å². The molecule has 0 atom stereocenters. The zero-order chi connectivity index (χ0) is 24.0. The molecule has 0 bridgehead atoms. The lowest BCUT2D eigenvalue weighted by atomic mass is 9.95. The lowest BCUT2D eigenvalue weighted by molar-refractivity contribution is 1.27. The molecule has 0 radical (unpaired) electrons. The van der Waals surface area contributed by atoms with Gasteiger partial charge in [0, 0.05) is 22.1 Å². The molecular formula is C33H26ClN. The van der Waals surface area contributed by atoms with Crippen LogP contribution < -0.4 is 4.90 Å². The maximum Gasteiger partial charge on any atom is 0.0462 e. The lowest BCUT2D eigenvalue weighted by Gasteiger charge is -2.25. The van der Waals surface area contributed by atoms with Crippen LogP contribution >= 0.6 is 11.6 Å². The molecule has 35 heavy (non-hydrogen) atoms. The van der Waals surface area contributed by atoms with Gasteiger partial charge in [0.1, 0.15) is 0 Å². The number of hydrogen-bond donors (Lipinski definition) is 0. The van der Waals surface area contributed by atoms with Gasteiger partial charge in [-0.25, -0.2) is 0 Å². The van der Waals surface area contributed by atoms with Gasteiger partial charge >= 0.3 is 0 Å². The fraction of sp³-hybridized carbons (Fsp3) is 0.0303. The molecule has 0 spiro atoms. The minimum Gasteiger partial charge on any atom is -0.311 e. The third-order valence-electron chi connectivity index (χ3n) is 6.01. The predicted octanol–water partition coefficient (Wildman–Crippen LogP) is 9.71. The van der Waals surface area contributed by atoms with Crippen molar-refractivity contribution in [2.75, 3.05) is 4.90 Å². The van der Waals surface area contributed by atoms with Crippen molar-refractivity contribution in [3.8, 4) is 0 Å². The van der Waals surface area contributed by atoms with Crippen molar-refractivity contribution in [1.29, 1.82) is 0 Å². The largest absolute Gasteiger partial charge is 0.311 e. The first kappa shape index (κ1) is 22.7. The SMILES string of the molecule is Cc1ccc(N(c2ccccc2)c2ccc(C=C(c3ccccc3)c3ccc(Cl)cc3)cc2)cc1. The summed E-state index contributed by atoms with van der Waals surface area (Å²) in [6.07, 6.45) is 2.24. The first-order chi connectivity index (χ1) is 17.2. The Morgan fingerprint density at radius 1 is 0.543 bits per heavy atom. The maximum atomic E-state index is 6.16. The van der Waals surface area contributed by atoms with Gasteiger partial charge in [0.2, 0.25) is 0 Å². The predicted molar refractivity (Wildman–Crippen MR) is 151 cm³/mol. The van der Waals surface area contributed by atoms with E-state index < -0.39 is 0 Å². The zero-order valence-corrected chi connectivity index (χ0v) is 20.4. The molecule has 0 aliphatic rings. The summed E-state index contributed by atoms with van der Waals surface area (Å²) in [5, 5.41) is 0.739. The summed E-state index contributed by atoms with van der Waals surface area (Å²) in [5.74, 6) is 0. The number of hydrogen-bond acceptors (Lipinski definition) is 1. The standard InChI is InChI=1S/C33H26ClN/c1-25-12-20-31(21-13-25)35(30-10-6-3-7-11-30)32-22-14-26(15-23-32)24-33(27-8-4-2-5-9-27)28-16-18-29(34)19-17-28/h2-24H,1H3. The van der Waals surface area contributed by atoms with Crippen molar-refractivity contribution in [3.05, 3.63) is 161 Å². The van der Waals surface area contributed by atoms with Gasteiger partial charge < -0.3 is 4.90 Å². The maximum absolute atomic E-state index is 6.16. The molecule has 0 heterocycles. The van der Waals surface area contributed by atoms with Gasteiger partial charge in [-0.05, 0) is 83.8 Å². The summed E-state index contributed by atoms with van der Waals surface area (Å²) in [7, 11) is 0. The average Bonchev–Trinajstić information content (AvgIpc) is 2.91. The first-order valence-corrected chi connectivity index (χ1v) is 12.1. The Morgan fingerprint density at radius 3 is 1.63 bits per heavy atom. The number of halogens is 1. The molecule has 0 fully saturated rings. The third kappa shape index (κ3) is 5.37. The van der Waals surface area contributed by atoms with E-state index in [0.717, 1.165) is 38.8 Å². The molecule has 0 aliphatic carbocycles. The minimum atomic E-state index is 0.739. The van der Waals surface area contributed by atoms with E-state index in [2.05, 4.69) is 127 Å². The van der Waals surface area contributed by atoms with Gasteiger partial charge in [-0.1, -0.05) is 102 Å².